The second-order valence-electron chi connectivity index (χ2n) is 4.95. The first-order chi connectivity index (χ1) is 7.60. The zero-order valence-corrected chi connectivity index (χ0v) is 10.5. The second kappa shape index (κ2) is 4.13. The highest BCUT2D eigenvalue weighted by atomic mass is 16.5. The summed E-state index contributed by atoms with van der Waals surface area (Å²) < 4.78 is 5.32. The van der Waals surface area contributed by atoms with Gasteiger partial charge in [0, 0.05) is 31.9 Å². The molecule has 2 fully saturated rings. The summed E-state index contributed by atoms with van der Waals surface area (Å²) in [6.45, 7) is 12.7. The van der Waals surface area contributed by atoms with Crippen molar-refractivity contribution in [3.05, 3.63) is 24.6 Å². The van der Waals surface area contributed by atoms with Gasteiger partial charge in [-0.05, 0) is 19.9 Å². The highest BCUT2D eigenvalue weighted by Crippen LogP contribution is 2.57. The number of hydrogen-bond donors (Lipinski definition) is 0. The van der Waals surface area contributed by atoms with E-state index in [1.54, 1.807) is 7.11 Å². The quantitative estimate of drug-likeness (QED) is 0.673. The average molecular weight is 222 g/mol. The molecule has 0 amide bonds. The Labute approximate surface area is 98.4 Å². The highest BCUT2D eigenvalue weighted by molar-refractivity contribution is 5.29. The fourth-order valence-electron chi connectivity index (χ4n) is 2.43. The van der Waals surface area contributed by atoms with Gasteiger partial charge in [0.2, 0.25) is 0 Å². The topological polar surface area (TPSA) is 15.7 Å². The first kappa shape index (κ1) is 11.5. The lowest BCUT2D eigenvalue weighted by molar-refractivity contribution is 0.159. The van der Waals surface area contributed by atoms with Gasteiger partial charge in [0.25, 0.3) is 0 Å². The molecular weight excluding hydrogens is 200 g/mol. The van der Waals surface area contributed by atoms with Gasteiger partial charge < -0.3 is 14.5 Å². The number of rotatable bonds is 4. The molecule has 1 aliphatic heterocycles. The lowest BCUT2D eigenvalue weighted by atomic mass is 9.99. The number of hydrogen-bond acceptors (Lipinski definition) is 3. The summed E-state index contributed by atoms with van der Waals surface area (Å²) in [5.41, 5.74) is 1.28. The molecule has 0 aromatic carbocycles. The van der Waals surface area contributed by atoms with Gasteiger partial charge in [-0.25, -0.2) is 0 Å². The largest absolute Gasteiger partial charge is 0.501 e. The Balaban J connectivity index is 2.00. The molecule has 3 nitrogen and oxygen atoms in total. The van der Waals surface area contributed by atoms with Crippen molar-refractivity contribution in [2.24, 2.45) is 5.41 Å². The number of ether oxygens (including phenoxy) is 1. The van der Waals surface area contributed by atoms with Crippen LogP contribution in [0, 0.1) is 5.41 Å². The lowest BCUT2D eigenvalue weighted by Crippen LogP contribution is -2.45. The SMILES string of the molecule is C=C(OC)C1(C(=C)N2CCN(C)CC2)CC1. The van der Waals surface area contributed by atoms with Crippen LogP contribution in [0.25, 0.3) is 0 Å². The number of likely N-dealkylation sites (N-methyl/N-ethyl adjacent to an activating group) is 1. The fraction of sp³-hybridized carbons (Fsp3) is 0.692. The molecule has 3 heteroatoms. The zero-order valence-electron chi connectivity index (χ0n) is 10.5. The van der Waals surface area contributed by atoms with E-state index in [1.807, 2.05) is 0 Å². The Morgan fingerprint density at radius 2 is 1.69 bits per heavy atom. The minimum absolute atomic E-state index is 0.0602. The van der Waals surface area contributed by atoms with E-state index in [4.69, 9.17) is 4.74 Å². The maximum atomic E-state index is 5.32. The van der Waals surface area contributed by atoms with E-state index in [1.165, 1.54) is 5.70 Å². The van der Waals surface area contributed by atoms with Gasteiger partial charge in [-0.1, -0.05) is 13.2 Å². The van der Waals surface area contributed by atoms with E-state index in [2.05, 4.69) is 30.0 Å². The molecule has 0 spiro atoms. The highest BCUT2D eigenvalue weighted by Gasteiger charge is 2.51. The predicted molar refractivity (Wildman–Crippen MR) is 66.0 cm³/mol. The molecule has 1 aliphatic carbocycles. The number of piperazine rings is 1. The van der Waals surface area contributed by atoms with Crippen molar-refractivity contribution < 1.29 is 4.74 Å². The van der Waals surface area contributed by atoms with E-state index >= 15 is 0 Å². The van der Waals surface area contributed by atoms with E-state index in [0.717, 1.165) is 44.8 Å². The van der Waals surface area contributed by atoms with Gasteiger partial charge in [0.1, 0.15) is 5.76 Å². The van der Waals surface area contributed by atoms with Gasteiger partial charge in [-0.3, -0.25) is 0 Å². The van der Waals surface area contributed by atoms with E-state index < -0.39 is 0 Å². The van der Waals surface area contributed by atoms with Gasteiger partial charge in [0.05, 0.1) is 12.5 Å². The Morgan fingerprint density at radius 3 is 2.12 bits per heavy atom. The van der Waals surface area contributed by atoms with E-state index in [9.17, 15) is 0 Å². The minimum Gasteiger partial charge on any atom is -0.501 e. The third-order valence-electron chi connectivity index (χ3n) is 3.97. The molecular formula is C13H22N2O. The lowest BCUT2D eigenvalue weighted by Gasteiger charge is -2.38. The van der Waals surface area contributed by atoms with Crippen LogP contribution in [-0.4, -0.2) is 50.1 Å². The molecule has 2 rings (SSSR count). The van der Waals surface area contributed by atoms with Crippen LogP contribution in [0.15, 0.2) is 24.6 Å². The van der Waals surface area contributed by atoms with Crippen LogP contribution in [0.5, 0.6) is 0 Å². The van der Waals surface area contributed by atoms with Crippen molar-refractivity contribution in [1.82, 2.24) is 9.80 Å². The molecule has 1 saturated heterocycles. The first-order valence-electron chi connectivity index (χ1n) is 5.96. The molecule has 0 bridgehead atoms. The molecule has 90 valence electrons. The maximum Gasteiger partial charge on any atom is 0.100 e. The van der Waals surface area contributed by atoms with E-state index in [-0.39, 0.29) is 5.41 Å². The van der Waals surface area contributed by atoms with Crippen LogP contribution in [0.2, 0.25) is 0 Å². The third-order valence-corrected chi connectivity index (χ3v) is 3.97. The van der Waals surface area contributed by atoms with Crippen molar-refractivity contribution in [2.45, 2.75) is 12.8 Å². The standard InChI is InChI=1S/C13H22N2O/c1-11(13(5-6-13)12(2)16-4)15-9-7-14(3)8-10-15/h1-2,5-10H2,3-4H3. The molecule has 1 saturated carbocycles. The number of methoxy groups -OCH3 is 1. The molecule has 2 aliphatic rings. The molecule has 0 unspecified atom stereocenters. The molecule has 0 aromatic rings. The van der Waals surface area contributed by atoms with Crippen molar-refractivity contribution in [3.63, 3.8) is 0 Å². The van der Waals surface area contributed by atoms with Crippen LogP contribution in [0.4, 0.5) is 0 Å². The summed E-state index contributed by atoms with van der Waals surface area (Å²) in [5.74, 6) is 0.886. The van der Waals surface area contributed by atoms with Gasteiger partial charge in [0.15, 0.2) is 0 Å². The normalized spacial score (nSPS) is 24.0. The van der Waals surface area contributed by atoms with Crippen LogP contribution in [0.1, 0.15) is 12.8 Å². The molecule has 0 atom stereocenters. The summed E-state index contributed by atoms with van der Waals surface area (Å²) in [6, 6.07) is 0. The third kappa shape index (κ3) is 1.84. The van der Waals surface area contributed by atoms with Crippen molar-refractivity contribution in [1.29, 1.82) is 0 Å². The molecule has 0 radical (unpaired) electrons. The average Bonchev–Trinajstić information content (AvgIpc) is 3.09. The summed E-state index contributed by atoms with van der Waals surface area (Å²) >= 11 is 0. The minimum atomic E-state index is 0.0602. The maximum absolute atomic E-state index is 5.32. The van der Waals surface area contributed by atoms with Crippen molar-refractivity contribution >= 4 is 0 Å². The number of nitrogens with zero attached hydrogens (tertiary/aromatic N) is 2. The molecule has 0 N–H and O–H groups in total. The fourth-order valence-corrected chi connectivity index (χ4v) is 2.43. The van der Waals surface area contributed by atoms with Gasteiger partial charge >= 0.3 is 0 Å². The second-order valence-corrected chi connectivity index (χ2v) is 4.95. The first-order valence-corrected chi connectivity index (χ1v) is 5.96. The zero-order chi connectivity index (χ0) is 11.8. The monoisotopic (exact) mass is 222 g/mol. The van der Waals surface area contributed by atoms with Gasteiger partial charge in [-0.15, -0.1) is 0 Å². The van der Waals surface area contributed by atoms with Crippen molar-refractivity contribution in [3.8, 4) is 0 Å². The molecule has 0 aromatic heterocycles. The van der Waals surface area contributed by atoms with Crippen LogP contribution < -0.4 is 0 Å². The smallest absolute Gasteiger partial charge is 0.100 e. The summed E-state index contributed by atoms with van der Waals surface area (Å²) in [5, 5.41) is 0. The molecule has 16 heavy (non-hydrogen) atoms. The van der Waals surface area contributed by atoms with Gasteiger partial charge in [-0.2, -0.15) is 0 Å². The van der Waals surface area contributed by atoms with E-state index in [0.29, 0.717) is 0 Å². The Bertz CT molecular complexity index is 299. The summed E-state index contributed by atoms with van der Waals surface area (Å²) in [6.07, 6.45) is 2.29. The Kier molecular flexibility index (Phi) is 2.98. The Morgan fingerprint density at radius 1 is 1.12 bits per heavy atom. The summed E-state index contributed by atoms with van der Waals surface area (Å²) in [4.78, 5) is 4.76. The van der Waals surface area contributed by atoms with Crippen LogP contribution in [0.3, 0.4) is 0 Å². The van der Waals surface area contributed by atoms with Crippen LogP contribution in [-0.2, 0) is 4.74 Å². The Hall–Kier alpha value is -0.960. The van der Waals surface area contributed by atoms with Crippen LogP contribution >= 0.6 is 0 Å². The molecule has 1 heterocycles. The van der Waals surface area contributed by atoms with Crippen molar-refractivity contribution in [2.75, 3.05) is 40.3 Å². The summed E-state index contributed by atoms with van der Waals surface area (Å²) in [7, 11) is 3.88. The predicted octanol–water partition coefficient (Wildman–Crippen LogP) is 1.69.